The van der Waals surface area contributed by atoms with Crippen LogP contribution in [0, 0.1) is 0 Å². The maximum Gasteiger partial charge on any atom is 0.121 e. The second kappa shape index (κ2) is 9.37. The van der Waals surface area contributed by atoms with Gasteiger partial charge in [-0.15, -0.1) is 0 Å². The lowest BCUT2D eigenvalue weighted by molar-refractivity contribution is 0.201. The van der Waals surface area contributed by atoms with Gasteiger partial charge in [-0.2, -0.15) is 0 Å². The van der Waals surface area contributed by atoms with Gasteiger partial charge >= 0.3 is 0 Å². The highest BCUT2D eigenvalue weighted by Gasteiger charge is 2.16. The van der Waals surface area contributed by atoms with E-state index in [0.717, 1.165) is 13.0 Å². The van der Waals surface area contributed by atoms with E-state index in [1.165, 1.54) is 32.1 Å². The molecule has 98 valence electrons. The Bertz CT molecular complexity index is 238. The van der Waals surface area contributed by atoms with Crippen LogP contribution in [0.25, 0.3) is 0 Å². The summed E-state index contributed by atoms with van der Waals surface area (Å²) in [5.41, 5.74) is 0. The lowest BCUT2D eigenvalue weighted by atomic mass is 10.1. The minimum atomic E-state index is 0.165. The average Bonchev–Trinajstić information content (AvgIpc) is 2.76. The maximum absolute atomic E-state index is 8.92. The summed E-state index contributed by atoms with van der Waals surface area (Å²) < 4.78 is 0. The molecule has 1 unspecified atom stereocenters. The summed E-state index contributed by atoms with van der Waals surface area (Å²) in [6.07, 6.45) is 14.3. The molecular weight excluding hydrogens is 212 g/mol. The van der Waals surface area contributed by atoms with Crippen molar-refractivity contribution in [3.05, 3.63) is 12.2 Å². The number of nitrogens with zero attached hydrogens (tertiary/aromatic N) is 2. The molecular formula is C14H26N2O. The molecule has 1 atom stereocenters. The van der Waals surface area contributed by atoms with Crippen molar-refractivity contribution in [3.63, 3.8) is 0 Å². The largest absolute Gasteiger partial charge is 0.395 e. The lowest BCUT2D eigenvalue weighted by Gasteiger charge is -2.18. The molecule has 1 N–H and O–H groups in total. The van der Waals surface area contributed by atoms with Crippen LogP contribution in [0.15, 0.2) is 17.1 Å². The Balaban J connectivity index is 2.08. The molecule has 3 heteroatoms. The SMILES string of the molecule is CCCCCCC/C=C/C1N=CCN1CCO. The molecule has 0 radical (unpaired) electrons. The molecule has 1 aliphatic rings. The number of aliphatic hydroxyl groups is 1. The van der Waals surface area contributed by atoms with Crippen LogP contribution in [0.4, 0.5) is 0 Å². The van der Waals surface area contributed by atoms with Crippen LogP contribution >= 0.6 is 0 Å². The van der Waals surface area contributed by atoms with E-state index in [2.05, 4.69) is 29.0 Å². The second-order valence-electron chi connectivity index (χ2n) is 4.59. The molecule has 0 aromatic carbocycles. The van der Waals surface area contributed by atoms with Gasteiger partial charge in [-0.25, -0.2) is 0 Å². The van der Waals surface area contributed by atoms with Crippen molar-refractivity contribution in [2.45, 2.75) is 51.6 Å². The molecule has 0 aromatic rings. The van der Waals surface area contributed by atoms with E-state index < -0.39 is 0 Å². The molecule has 0 aliphatic carbocycles. The first-order chi connectivity index (χ1) is 8.38. The van der Waals surface area contributed by atoms with Crippen molar-refractivity contribution in [1.82, 2.24) is 4.90 Å². The Kier molecular flexibility index (Phi) is 7.93. The van der Waals surface area contributed by atoms with E-state index >= 15 is 0 Å². The second-order valence-corrected chi connectivity index (χ2v) is 4.59. The first-order valence-electron chi connectivity index (χ1n) is 6.91. The van der Waals surface area contributed by atoms with Crippen LogP contribution in [0.2, 0.25) is 0 Å². The smallest absolute Gasteiger partial charge is 0.121 e. The normalized spacial score (nSPS) is 20.7. The highest BCUT2D eigenvalue weighted by atomic mass is 16.3. The third kappa shape index (κ3) is 5.99. The molecule has 0 bridgehead atoms. The Morgan fingerprint density at radius 3 is 2.94 bits per heavy atom. The number of hydrogen-bond acceptors (Lipinski definition) is 3. The minimum Gasteiger partial charge on any atom is -0.395 e. The fourth-order valence-electron chi connectivity index (χ4n) is 2.07. The van der Waals surface area contributed by atoms with Crippen molar-refractivity contribution in [1.29, 1.82) is 0 Å². The summed E-state index contributed by atoms with van der Waals surface area (Å²) in [7, 11) is 0. The van der Waals surface area contributed by atoms with E-state index in [9.17, 15) is 0 Å². The number of aliphatic imine (C=N–C) groups is 1. The van der Waals surface area contributed by atoms with Crippen LogP contribution in [0.1, 0.15) is 45.4 Å². The molecule has 17 heavy (non-hydrogen) atoms. The zero-order valence-corrected chi connectivity index (χ0v) is 11.0. The maximum atomic E-state index is 8.92. The zero-order chi connectivity index (χ0) is 12.3. The van der Waals surface area contributed by atoms with Crippen LogP contribution < -0.4 is 0 Å². The number of rotatable bonds is 9. The van der Waals surface area contributed by atoms with Gasteiger partial charge in [0.1, 0.15) is 6.17 Å². The standard InChI is InChI=1S/C14H26N2O/c1-2-3-4-5-6-7-8-9-14-15-10-11-16(14)12-13-17/h8-10,14,17H,2-7,11-13H2,1H3/b9-8+. The van der Waals surface area contributed by atoms with E-state index in [1.54, 1.807) is 0 Å². The number of aliphatic hydroxyl groups excluding tert-OH is 1. The topological polar surface area (TPSA) is 35.8 Å². The van der Waals surface area contributed by atoms with E-state index in [4.69, 9.17) is 5.11 Å². The Labute approximate surface area is 105 Å². The summed E-state index contributed by atoms with van der Waals surface area (Å²) in [6.45, 7) is 4.04. The number of allylic oxidation sites excluding steroid dienone is 1. The van der Waals surface area contributed by atoms with Crippen LogP contribution in [-0.2, 0) is 0 Å². The molecule has 0 saturated carbocycles. The average molecular weight is 238 g/mol. The summed E-state index contributed by atoms with van der Waals surface area (Å²) in [5, 5.41) is 8.92. The predicted octanol–water partition coefficient (Wildman–Crippen LogP) is 2.61. The highest BCUT2D eigenvalue weighted by Crippen LogP contribution is 2.10. The summed E-state index contributed by atoms with van der Waals surface area (Å²) >= 11 is 0. The molecule has 0 fully saturated rings. The molecule has 0 saturated heterocycles. The van der Waals surface area contributed by atoms with Crippen molar-refractivity contribution in [3.8, 4) is 0 Å². The van der Waals surface area contributed by atoms with Gasteiger partial charge in [-0.1, -0.05) is 38.7 Å². The van der Waals surface area contributed by atoms with Gasteiger partial charge in [0.05, 0.1) is 6.61 Å². The van der Waals surface area contributed by atoms with E-state index in [1.807, 2.05) is 6.21 Å². The van der Waals surface area contributed by atoms with Crippen LogP contribution in [0.5, 0.6) is 0 Å². The minimum absolute atomic E-state index is 0.165. The van der Waals surface area contributed by atoms with Crippen molar-refractivity contribution < 1.29 is 5.11 Å². The molecule has 1 heterocycles. The van der Waals surface area contributed by atoms with Gasteiger partial charge in [0.2, 0.25) is 0 Å². The van der Waals surface area contributed by atoms with Gasteiger partial charge in [-0.3, -0.25) is 9.89 Å². The summed E-state index contributed by atoms with van der Waals surface area (Å²) in [4.78, 5) is 6.56. The van der Waals surface area contributed by atoms with Gasteiger partial charge in [-0.05, 0) is 18.9 Å². The van der Waals surface area contributed by atoms with Gasteiger partial charge in [0, 0.05) is 19.3 Å². The number of hydrogen-bond donors (Lipinski definition) is 1. The highest BCUT2D eigenvalue weighted by molar-refractivity contribution is 5.62. The first-order valence-corrected chi connectivity index (χ1v) is 6.91. The van der Waals surface area contributed by atoms with Crippen molar-refractivity contribution >= 4 is 6.21 Å². The third-order valence-electron chi connectivity index (χ3n) is 3.12. The van der Waals surface area contributed by atoms with E-state index in [-0.39, 0.29) is 12.8 Å². The lowest BCUT2D eigenvalue weighted by Crippen LogP contribution is -2.31. The monoisotopic (exact) mass is 238 g/mol. The summed E-state index contributed by atoms with van der Waals surface area (Å²) in [5.74, 6) is 0. The Hall–Kier alpha value is -0.670. The molecule has 3 nitrogen and oxygen atoms in total. The van der Waals surface area contributed by atoms with Crippen molar-refractivity contribution in [2.75, 3.05) is 19.7 Å². The van der Waals surface area contributed by atoms with Crippen molar-refractivity contribution in [2.24, 2.45) is 4.99 Å². The molecule has 0 spiro atoms. The molecule has 0 amide bonds. The Morgan fingerprint density at radius 2 is 2.18 bits per heavy atom. The van der Waals surface area contributed by atoms with E-state index in [0.29, 0.717) is 6.54 Å². The van der Waals surface area contributed by atoms with Crippen LogP contribution in [0.3, 0.4) is 0 Å². The van der Waals surface area contributed by atoms with Crippen LogP contribution in [-0.4, -0.2) is 42.1 Å². The predicted molar refractivity (Wildman–Crippen MR) is 73.5 cm³/mol. The molecule has 1 aliphatic heterocycles. The number of β-amino-alcohol motifs (C(OH)–C–C–N with tert-alkyl or cyclic N) is 1. The zero-order valence-electron chi connectivity index (χ0n) is 11.0. The fraction of sp³-hybridized carbons (Fsp3) is 0.786. The summed E-state index contributed by atoms with van der Waals surface area (Å²) in [6, 6.07) is 0. The third-order valence-corrected chi connectivity index (χ3v) is 3.12. The Morgan fingerprint density at radius 1 is 1.35 bits per heavy atom. The quantitative estimate of drug-likeness (QED) is 0.495. The first kappa shape index (κ1) is 14.4. The fourth-order valence-corrected chi connectivity index (χ4v) is 2.07. The molecule has 1 rings (SSSR count). The molecule has 0 aromatic heterocycles. The van der Waals surface area contributed by atoms with Gasteiger partial charge < -0.3 is 5.11 Å². The van der Waals surface area contributed by atoms with Gasteiger partial charge in [0.15, 0.2) is 0 Å². The number of unbranched alkanes of at least 4 members (excludes halogenated alkanes) is 5. The van der Waals surface area contributed by atoms with Gasteiger partial charge in [0.25, 0.3) is 0 Å².